The van der Waals surface area contributed by atoms with Gasteiger partial charge in [-0.3, -0.25) is 4.79 Å². The molecule has 1 saturated carbocycles. The summed E-state index contributed by atoms with van der Waals surface area (Å²) in [4.78, 5) is 25.2. The Bertz CT molecular complexity index is 1240. The lowest BCUT2D eigenvalue weighted by molar-refractivity contribution is -0.147. The molecular formula is C23H18ClNO5. The quantitative estimate of drug-likeness (QED) is 0.446. The van der Waals surface area contributed by atoms with E-state index in [1.165, 1.54) is 13.2 Å². The summed E-state index contributed by atoms with van der Waals surface area (Å²) < 4.78 is 15.9. The highest BCUT2D eigenvalue weighted by Crippen LogP contribution is 2.71. The van der Waals surface area contributed by atoms with E-state index in [4.69, 9.17) is 25.5 Å². The fourth-order valence-electron chi connectivity index (χ4n) is 4.20. The Kier molecular flexibility index (Phi) is 5.00. The third-order valence-corrected chi connectivity index (χ3v) is 5.90. The van der Waals surface area contributed by atoms with Gasteiger partial charge in [-0.05, 0) is 42.3 Å². The van der Waals surface area contributed by atoms with Crippen LogP contribution in [-0.4, -0.2) is 19.7 Å². The van der Waals surface area contributed by atoms with E-state index in [-0.39, 0.29) is 6.61 Å². The van der Waals surface area contributed by atoms with Crippen LogP contribution < -0.4 is 10.4 Å². The minimum Gasteiger partial charge on any atom is -0.497 e. The van der Waals surface area contributed by atoms with Gasteiger partial charge in [0.25, 0.3) is 0 Å². The molecule has 3 aromatic rings. The molecule has 0 spiro atoms. The second-order valence-corrected chi connectivity index (χ2v) is 7.47. The van der Waals surface area contributed by atoms with Crippen LogP contribution in [0.25, 0.3) is 11.0 Å². The Morgan fingerprint density at radius 1 is 1.20 bits per heavy atom. The van der Waals surface area contributed by atoms with E-state index in [1.54, 1.807) is 49.4 Å². The Hall–Kier alpha value is -3.30. The number of fused-ring (bicyclic) bond motifs is 1. The van der Waals surface area contributed by atoms with Crippen molar-refractivity contribution >= 4 is 28.5 Å². The highest BCUT2D eigenvalue weighted by atomic mass is 35.5. The lowest BCUT2D eigenvalue weighted by Crippen LogP contribution is -2.21. The Morgan fingerprint density at radius 3 is 2.60 bits per heavy atom. The average molecular weight is 424 g/mol. The molecule has 1 fully saturated rings. The topological polar surface area (TPSA) is 89.5 Å². The second kappa shape index (κ2) is 7.51. The first-order chi connectivity index (χ1) is 14.5. The number of nitriles is 1. The van der Waals surface area contributed by atoms with Gasteiger partial charge < -0.3 is 13.9 Å². The molecule has 3 unspecified atom stereocenters. The number of methoxy groups -OCH3 is 1. The number of ether oxygens (including phenoxy) is 2. The summed E-state index contributed by atoms with van der Waals surface area (Å²) in [6.07, 6.45) is 0. The van der Waals surface area contributed by atoms with Crippen molar-refractivity contribution in [3.05, 3.63) is 75.1 Å². The van der Waals surface area contributed by atoms with Gasteiger partial charge in [0.15, 0.2) is 5.41 Å². The lowest BCUT2D eigenvalue weighted by Gasteiger charge is -2.10. The van der Waals surface area contributed by atoms with Crippen molar-refractivity contribution in [2.75, 3.05) is 13.7 Å². The fourth-order valence-corrected chi connectivity index (χ4v) is 4.46. The van der Waals surface area contributed by atoms with Gasteiger partial charge in [0, 0.05) is 28.3 Å². The van der Waals surface area contributed by atoms with Gasteiger partial charge in [0.1, 0.15) is 11.3 Å². The first-order valence-electron chi connectivity index (χ1n) is 9.42. The molecule has 1 aromatic heterocycles. The number of carbonyl (C=O) groups excluding carboxylic acids is 1. The maximum Gasteiger partial charge on any atom is 0.336 e. The highest BCUT2D eigenvalue weighted by molar-refractivity contribution is 6.31. The van der Waals surface area contributed by atoms with Crippen LogP contribution in [0.15, 0.2) is 57.7 Å². The van der Waals surface area contributed by atoms with E-state index < -0.39 is 28.8 Å². The van der Waals surface area contributed by atoms with Crippen molar-refractivity contribution in [2.24, 2.45) is 5.41 Å². The summed E-state index contributed by atoms with van der Waals surface area (Å²) in [7, 11) is 1.53. The zero-order valence-corrected chi connectivity index (χ0v) is 17.1. The molecule has 0 bridgehead atoms. The van der Waals surface area contributed by atoms with E-state index in [1.807, 2.05) is 0 Å². The van der Waals surface area contributed by atoms with E-state index in [2.05, 4.69) is 6.07 Å². The van der Waals surface area contributed by atoms with Crippen molar-refractivity contribution < 1.29 is 18.7 Å². The molecule has 0 aliphatic heterocycles. The number of nitrogens with zero attached hydrogens (tertiary/aromatic N) is 1. The van der Waals surface area contributed by atoms with Crippen molar-refractivity contribution in [3.8, 4) is 11.8 Å². The third-order valence-electron chi connectivity index (χ3n) is 5.56. The van der Waals surface area contributed by atoms with E-state index in [9.17, 15) is 14.9 Å². The molecule has 3 atom stereocenters. The smallest absolute Gasteiger partial charge is 0.336 e. The molecule has 7 heteroatoms. The highest BCUT2D eigenvalue weighted by Gasteiger charge is 2.73. The molecule has 0 amide bonds. The van der Waals surface area contributed by atoms with Crippen LogP contribution in [-0.2, 0) is 9.53 Å². The predicted octanol–water partition coefficient (Wildman–Crippen LogP) is 4.41. The van der Waals surface area contributed by atoms with Gasteiger partial charge in [0.05, 0.1) is 19.8 Å². The van der Waals surface area contributed by atoms with Crippen LogP contribution in [0.1, 0.15) is 29.9 Å². The first kappa shape index (κ1) is 20.0. The summed E-state index contributed by atoms with van der Waals surface area (Å²) >= 11 is 6.41. The van der Waals surface area contributed by atoms with Crippen LogP contribution >= 0.6 is 11.6 Å². The summed E-state index contributed by atoms with van der Waals surface area (Å²) in [5, 5.41) is 11.2. The second-order valence-electron chi connectivity index (χ2n) is 7.06. The summed E-state index contributed by atoms with van der Waals surface area (Å²) in [6, 6.07) is 15.6. The molecular weight excluding hydrogens is 406 g/mol. The lowest BCUT2D eigenvalue weighted by atomic mass is 9.98. The molecule has 6 nitrogen and oxygen atoms in total. The van der Waals surface area contributed by atoms with Crippen LogP contribution in [0.2, 0.25) is 5.02 Å². The molecule has 0 N–H and O–H groups in total. The predicted molar refractivity (Wildman–Crippen MR) is 111 cm³/mol. The fraction of sp³-hybridized carbons (Fsp3) is 0.261. The zero-order chi connectivity index (χ0) is 21.5. The Morgan fingerprint density at radius 2 is 1.93 bits per heavy atom. The Labute approximate surface area is 177 Å². The van der Waals surface area contributed by atoms with Gasteiger partial charge in [-0.1, -0.05) is 29.8 Å². The molecule has 1 heterocycles. The molecule has 0 radical (unpaired) electrons. The minimum atomic E-state index is -1.50. The van der Waals surface area contributed by atoms with Crippen LogP contribution in [0.3, 0.4) is 0 Å². The first-order valence-corrected chi connectivity index (χ1v) is 9.80. The molecule has 1 aliphatic rings. The van der Waals surface area contributed by atoms with E-state index in [0.29, 0.717) is 32.9 Å². The standard InChI is InChI=1S/C23H18ClNO5/c1-3-29-22(27)23(12-25)20(14-6-4-5-7-17(14)24)21(23)16-11-19(26)30-18-9-8-13(28-2)10-15(16)18/h4-11,20-21H,3H2,1-2H3. The van der Waals surface area contributed by atoms with Gasteiger partial charge in [0.2, 0.25) is 0 Å². The molecule has 4 rings (SSSR count). The molecule has 2 aromatic carbocycles. The number of carbonyl (C=O) groups is 1. The molecule has 1 aliphatic carbocycles. The van der Waals surface area contributed by atoms with Gasteiger partial charge in [-0.2, -0.15) is 5.26 Å². The number of hydrogen-bond donors (Lipinski definition) is 0. The molecule has 30 heavy (non-hydrogen) atoms. The van der Waals surface area contributed by atoms with Crippen molar-refractivity contribution in [2.45, 2.75) is 18.8 Å². The van der Waals surface area contributed by atoms with Gasteiger partial charge in [-0.25, -0.2) is 4.79 Å². The molecule has 0 saturated heterocycles. The Balaban J connectivity index is 1.98. The minimum absolute atomic E-state index is 0.135. The third kappa shape index (κ3) is 2.94. The van der Waals surface area contributed by atoms with Crippen LogP contribution in [0.4, 0.5) is 0 Å². The normalized spacial score (nSPS) is 22.3. The maximum atomic E-state index is 13.0. The summed E-state index contributed by atoms with van der Waals surface area (Å²) in [5.41, 5.74) is -0.533. The van der Waals surface area contributed by atoms with Gasteiger partial charge in [-0.15, -0.1) is 0 Å². The van der Waals surface area contributed by atoms with E-state index >= 15 is 0 Å². The monoisotopic (exact) mass is 423 g/mol. The van der Waals surface area contributed by atoms with Gasteiger partial charge >= 0.3 is 11.6 Å². The van der Waals surface area contributed by atoms with Crippen LogP contribution in [0.5, 0.6) is 5.75 Å². The molecule has 152 valence electrons. The maximum absolute atomic E-state index is 13.0. The van der Waals surface area contributed by atoms with Crippen LogP contribution in [0, 0.1) is 16.7 Å². The van der Waals surface area contributed by atoms with Crippen molar-refractivity contribution in [3.63, 3.8) is 0 Å². The average Bonchev–Trinajstić information content (AvgIpc) is 3.43. The summed E-state index contributed by atoms with van der Waals surface area (Å²) in [6.45, 7) is 1.82. The number of rotatable bonds is 5. The number of halogens is 1. The summed E-state index contributed by atoms with van der Waals surface area (Å²) in [5.74, 6) is -1.26. The van der Waals surface area contributed by atoms with Crippen molar-refractivity contribution in [1.82, 2.24) is 0 Å². The number of esters is 1. The SMILES string of the molecule is CCOC(=O)C1(C#N)C(c2ccccc2Cl)C1c1cc(=O)oc2ccc(OC)cc12. The number of benzene rings is 2. The number of hydrogen-bond acceptors (Lipinski definition) is 6. The van der Waals surface area contributed by atoms with Crippen molar-refractivity contribution in [1.29, 1.82) is 5.26 Å². The zero-order valence-electron chi connectivity index (χ0n) is 16.3. The largest absolute Gasteiger partial charge is 0.497 e. The van der Waals surface area contributed by atoms with E-state index in [0.717, 1.165) is 0 Å².